The van der Waals surface area contributed by atoms with E-state index >= 15 is 0 Å². The van der Waals surface area contributed by atoms with Crippen molar-refractivity contribution in [1.29, 1.82) is 0 Å². The molecule has 1 N–H and O–H groups in total. The topological polar surface area (TPSA) is 58.1 Å². The molecule has 2 aromatic rings. The van der Waals surface area contributed by atoms with Gasteiger partial charge in [-0.05, 0) is 32.4 Å². The van der Waals surface area contributed by atoms with Crippen LogP contribution in [0.25, 0.3) is 0 Å². The molecule has 2 heterocycles. The molecule has 0 saturated carbocycles. The first kappa shape index (κ1) is 20.3. The van der Waals surface area contributed by atoms with Crippen LogP contribution in [0.2, 0.25) is 0 Å². The predicted molar refractivity (Wildman–Crippen MR) is 98.3 cm³/mol. The molecule has 0 bridgehead atoms. The van der Waals surface area contributed by atoms with Crippen LogP contribution in [0.15, 0.2) is 24.3 Å². The van der Waals surface area contributed by atoms with E-state index in [4.69, 9.17) is 0 Å². The molecule has 0 radical (unpaired) electrons. The van der Waals surface area contributed by atoms with Gasteiger partial charge in [-0.25, -0.2) is 0 Å². The van der Waals surface area contributed by atoms with Crippen LogP contribution in [0.1, 0.15) is 40.3 Å². The highest BCUT2D eigenvalue weighted by Gasteiger charge is 2.35. The molecule has 1 saturated heterocycles. The van der Waals surface area contributed by atoms with Crippen molar-refractivity contribution >= 4 is 5.91 Å². The van der Waals surface area contributed by atoms with Crippen LogP contribution >= 0.6 is 0 Å². The van der Waals surface area contributed by atoms with Gasteiger partial charge in [0.2, 0.25) is 5.91 Å². The number of benzene rings is 1. The minimum Gasteiger partial charge on any atom is -0.337 e. The maximum Gasteiger partial charge on any atom is 0.416 e. The third-order valence-electron chi connectivity index (χ3n) is 5.04. The summed E-state index contributed by atoms with van der Waals surface area (Å²) in [5.74, 6) is -0.155. The molecule has 1 aliphatic heterocycles. The van der Waals surface area contributed by atoms with Crippen LogP contribution < -0.4 is 5.32 Å². The number of aryl methyl sites for hydroxylation is 3. The number of amides is 1. The van der Waals surface area contributed by atoms with Gasteiger partial charge in [-0.15, -0.1) is 0 Å². The first-order valence-corrected chi connectivity index (χ1v) is 9.12. The molecule has 28 heavy (non-hydrogen) atoms. The van der Waals surface area contributed by atoms with Gasteiger partial charge < -0.3 is 10.2 Å². The standard InChI is InChI=1S/C20H23F3N4O/c1-12-13(2)26-18(14(3)25-12)9-24-16-8-19(28)27(11-16)10-15-6-4-5-7-17(15)20(21,22)23/h4-7,16,24H,8-11H2,1-3H3. The quantitative estimate of drug-likeness (QED) is 0.848. The number of rotatable bonds is 5. The average Bonchev–Trinajstić information content (AvgIpc) is 2.96. The van der Waals surface area contributed by atoms with E-state index in [1.54, 1.807) is 6.07 Å². The van der Waals surface area contributed by atoms with E-state index in [2.05, 4.69) is 15.3 Å². The zero-order valence-electron chi connectivity index (χ0n) is 16.1. The molecule has 1 atom stereocenters. The highest BCUT2D eigenvalue weighted by molar-refractivity contribution is 5.79. The zero-order chi connectivity index (χ0) is 20.5. The summed E-state index contributed by atoms with van der Waals surface area (Å²) in [5, 5.41) is 3.29. The number of carbonyl (C=O) groups is 1. The van der Waals surface area contributed by atoms with Crippen molar-refractivity contribution in [3.8, 4) is 0 Å². The summed E-state index contributed by atoms with van der Waals surface area (Å²) in [5.41, 5.74) is 2.80. The number of hydrogen-bond donors (Lipinski definition) is 1. The van der Waals surface area contributed by atoms with Gasteiger partial charge in [0.15, 0.2) is 0 Å². The molecule has 1 aromatic heterocycles. The number of halogens is 3. The number of nitrogens with one attached hydrogen (secondary N) is 1. The van der Waals surface area contributed by atoms with Crippen molar-refractivity contribution in [2.24, 2.45) is 0 Å². The van der Waals surface area contributed by atoms with E-state index < -0.39 is 11.7 Å². The summed E-state index contributed by atoms with van der Waals surface area (Å²) in [6.45, 7) is 6.46. The highest BCUT2D eigenvalue weighted by Crippen LogP contribution is 2.32. The highest BCUT2D eigenvalue weighted by atomic mass is 19.4. The summed E-state index contributed by atoms with van der Waals surface area (Å²) in [6.07, 6.45) is -4.18. The summed E-state index contributed by atoms with van der Waals surface area (Å²) in [6, 6.07) is 5.25. The fourth-order valence-electron chi connectivity index (χ4n) is 3.37. The molecule has 3 rings (SSSR count). The number of alkyl halides is 3. The first-order chi connectivity index (χ1) is 13.1. The summed E-state index contributed by atoms with van der Waals surface area (Å²) in [4.78, 5) is 22.8. The molecule has 1 aliphatic rings. The van der Waals surface area contributed by atoms with Crippen LogP contribution in [0.4, 0.5) is 13.2 Å². The van der Waals surface area contributed by atoms with Gasteiger partial charge in [0, 0.05) is 32.1 Å². The Morgan fingerprint density at radius 3 is 2.50 bits per heavy atom. The Morgan fingerprint density at radius 2 is 1.79 bits per heavy atom. The average molecular weight is 392 g/mol. The molecule has 1 fully saturated rings. The number of aromatic nitrogens is 2. The largest absolute Gasteiger partial charge is 0.416 e. The Hall–Kier alpha value is -2.48. The number of hydrogen-bond acceptors (Lipinski definition) is 4. The lowest BCUT2D eigenvalue weighted by molar-refractivity contribution is -0.139. The van der Waals surface area contributed by atoms with Gasteiger partial charge in [0.05, 0.1) is 28.3 Å². The molecule has 1 aromatic carbocycles. The SMILES string of the molecule is Cc1nc(C)c(CNC2CC(=O)N(Cc3ccccc3C(F)(F)F)C2)nc1C. The predicted octanol–water partition coefficient (Wildman–Crippen LogP) is 3.31. The minimum atomic E-state index is -4.43. The number of carbonyl (C=O) groups excluding carboxylic acids is 1. The Morgan fingerprint density at radius 1 is 1.11 bits per heavy atom. The van der Waals surface area contributed by atoms with Crippen molar-refractivity contribution in [3.05, 3.63) is 58.2 Å². The van der Waals surface area contributed by atoms with Crippen molar-refractivity contribution in [2.45, 2.75) is 52.5 Å². The second-order valence-corrected chi connectivity index (χ2v) is 7.14. The lowest BCUT2D eigenvalue weighted by Crippen LogP contribution is -2.33. The van der Waals surface area contributed by atoms with Crippen molar-refractivity contribution < 1.29 is 18.0 Å². The van der Waals surface area contributed by atoms with Crippen LogP contribution in [-0.2, 0) is 24.1 Å². The smallest absolute Gasteiger partial charge is 0.337 e. The fourth-order valence-corrected chi connectivity index (χ4v) is 3.37. The lowest BCUT2D eigenvalue weighted by Gasteiger charge is -2.20. The number of nitrogens with zero attached hydrogens (tertiary/aromatic N) is 3. The van der Waals surface area contributed by atoms with Crippen LogP contribution in [0.3, 0.4) is 0 Å². The summed E-state index contributed by atoms with van der Waals surface area (Å²) in [7, 11) is 0. The molecular formula is C20H23F3N4O. The monoisotopic (exact) mass is 392 g/mol. The van der Waals surface area contributed by atoms with E-state index in [1.807, 2.05) is 20.8 Å². The van der Waals surface area contributed by atoms with Gasteiger partial charge in [-0.3, -0.25) is 14.8 Å². The van der Waals surface area contributed by atoms with Crippen LogP contribution in [0, 0.1) is 20.8 Å². The lowest BCUT2D eigenvalue weighted by atomic mass is 10.1. The van der Waals surface area contributed by atoms with E-state index in [0.29, 0.717) is 13.1 Å². The molecule has 1 amide bonds. The zero-order valence-corrected chi connectivity index (χ0v) is 16.1. The normalized spacial score (nSPS) is 17.4. The Kier molecular flexibility index (Phi) is 5.69. The van der Waals surface area contributed by atoms with E-state index in [0.717, 1.165) is 28.8 Å². The van der Waals surface area contributed by atoms with Crippen molar-refractivity contribution in [1.82, 2.24) is 20.2 Å². The summed E-state index contributed by atoms with van der Waals surface area (Å²) >= 11 is 0. The molecule has 8 heteroatoms. The second-order valence-electron chi connectivity index (χ2n) is 7.14. The first-order valence-electron chi connectivity index (χ1n) is 9.12. The third-order valence-corrected chi connectivity index (χ3v) is 5.04. The molecule has 0 spiro atoms. The number of likely N-dealkylation sites (tertiary alicyclic amines) is 1. The van der Waals surface area contributed by atoms with E-state index in [1.165, 1.54) is 17.0 Å². The van der Waals surface area contributed by atoms with Crippen LogP contribution in [-0.4, -0.2) is 33.4 Å². The summed E-state index contributed by atoms with van der Waals surface area (Å²) < 4.78 is 39.5. The molecule has 150 valence electrons. The molecule has 1 unspecified atom stereocenters. The Balaban J connectivity index is 1.64. The van der Waals surface area contributed by atoms with Gasteiger partial charge in [-0.1, -0.05) is 18.2 Å². The van der Waals surface area contributed by atoms with Crippen molar-refractivity contribution in [2.75, 3.05) is 6.54 Å². The van der Waals surface area contributed by atoms with E-state index in [-0.39, 0.29) is 30.5 Å². The van der Waals surface area contributed by atoms with Crippen molar-refractivity contribution in [3.63, 3.8) is 0 Å². The molecule has 0 aliphatic carbocycles. The Labute approximate surface area is 162 Å². The maximum atomic E-state index is 13.2. The van der Waals surface area contributed by atoms with Crippen LogP contribution in [0.5, 0.6) is 0 Å². The Bertz CT molecular complexity index is 882. The van der Waals surface area contributed by atoms with Gasteiger partial charge in [-0.2, -0.15) is 13.2 Å². The van der Waals surface area contributed by atoms with Gasteiger partial charge >= 0.3 is 6.18 Å². The van der Waals surface area contributed by atoms with Gasteiger partial charge in [0.1, 0.15) is 0 Å². The third kappa shape index (κ3) is 4.49. The second kappa shape index (κ2) is 7.87. The maximum absolute atomic E-state index is 13.2. The minimum absolute atomic E-state index is 0.0465. The van der Waals surface area contributed by atoms with Gasteiger partial charge in [0.25, 0.3) is 0 Å². The molecular weight excluding hydrogens is 369 g/mol. The fraction of sp³-hybridized carbons (Fsp3) is 0.450. The molecule has 5 nitrogen and oxygen atoms in total. The van der Waals surface area contributed by atoms with E-state index in [9.17, 15) is 18.0 Å².